The summed E-state index contributed by atoms with van der Waals surface area (Å²) < 4.78 is 0. The smallest absolute Gasteiger partial charge is 0.307 e. The van der Waals surface area contributed by atoms with Gasteiger partial charge in [-0.1, -0.05) is 66.7 Å². The number of carbonyl (C=O) groups is 2. The Hall–Kier alpha value is -3.40. The van der Waals surface area contributed by atoms with Crippen molar-refractivity contribution in [3.05, 3.63) is 89.5 Å². The fraction of sp³-hybridized carbons (Fsp3) is 0.167. The minimum absolute atomic E-state index is 0.0344. The Balaban J connectivity index is 1.50. The van der Waals surface area contributed by atoms with Crippen LogP contribution in [0.5, 0.6) is 0 Å². The number of benzene rings is 3. The van der Waals surface area contributed by atoms with Crippen molar-refractivity contribution in [2.24, 2.45) is 0 Å². The van der Waals surface area contributed by atoms with E-state index in [0.717, 1.165) is 33.9 Å². The Bertz CT molecular complexity index is 1060. The molecule has 28 heavy (non-hydrogen) atoms. The van der Waals surface area contributed by atoms with E-state index in [-0.39, 0.29) is 12.3 Å². The summed E-state index contributed by atoms with van der Waals surface area (Å²) in [5.74, 6) is -0.767. The molecule has 0 aromatic heterocycles. The van der Waals surface area contributed by atoms with Crippen LogP contribution in [-0.4, -0.2) is 35.0 Å². The molecular formula is C24H21NO3. The van der Waals surface area contributed by atoms with Crippen molar-refractivity contribution in [3.8, 4) is 0 Å². The number of carboxylic acid groups (broad SMARTS) is 1. The topological polar surface area (TPSA) is 57.6 Å². The van der Waals surface area contributed by atoms with Gasteiger partial charge in [0.05, 0.1) is 6.42 Å². The first kappa shape index (κ1) is 18.0. The molecule has 3 aromatic carbocycles. The molecule has 1 amide bonds. The van der Waals surface area contributed by atoms with Crippen LogP contribution in [0, 0.1) is 0 Å². The van der Waals surface area contributed by atoms with Gasteiger partial charge in [0.2, 0.25) is 0 Å². The van der Waals surface area contributed by atoms with Gasteiger partial charge in [-0.15, -0.1) is 0 Å². The van der Waals surface area contributed by atoms with Gasteiger partial charge in [-0.3, -0.25) is 9.59 Å². The normalized spacial score (nSPS) is 14.0. The Morgan fingerprint density at radius 1 is 0.929 bits per heavy atom. The summed E-state index contributed by atoms with van der Waals surface area (Å²) >= 11 is 0. The summed E-state index contributed by atoms with van der Waals surface area (Å²) in [7, 11) is 0. The van der Waals surface area contributed by atoms with E-state index in [1.807, 2.05) is 71.6 Å². The van der Waals surface area contributed by atoms with Gasteiger partial charge in [-0.05, 0) is 40.0 Å². The third-order valence-corrected chi connectivity index (χ3v) is 5.20. The highest BCUT2D eigenvalue weighted by molar-refractivity contribution is 6.07. The van der Waals surface area contributed by atoms with E-state index >= 15 is 0 Å². The van der Waals surface area contributed by atoms with Crippen LogP contribution in [0.3, 0.4) is 0 Å². The second kappa shape index (κ2) is 7.69. The number of hydrogen-bond donors (Lipinski definition) is 1. The molecule has 3 aromatic rings. The van der Waals surface area contributed by atoms with Gasteiger partial charge in [0.1, 0.15) is 0 Å². The van der Waals surface area contributed by atoms with Crippen LogP contribution in [0.25, 0.3) is 16.3 Å². The Morgan fingerprint density at radius 2 is 1.68 bits per heavy atom. The molecule has 1 heterocycles. The predicted molar refractivity (Wildman–Crippen MR) is 110 cm³/mol. The number of hydrogen-bond acceptors (Lipinski definition) is 2. The van der Waals surface area contributed by atoms with Crippen molar-refractivity contribution in [2.75, 3.05) is 13.1 Å². The van der Waals surface area contributed by atoms with Crippen LogP contribution in [0.4, 0.5) is 0 Å². The van der Waals surface area contributed by atoms with Crippen molar-refractivity contribution in [2.45, 2.75) is 12.8 Å². The highest BCUT2D eigenvalue weighted by Crippen LogP contribution is 2.25. The maximum Gasteiger partial charge on any atom is 0.307 e. The molecular weight excluding hydrogens is 350 g/mol. The highest BCUT2D eigenvalue weighted by Gasteiger charge is 2.20. The van der Waals surface area contributed by atoms with E-state index in [1.54, 1.807) is 0 Å². The average molecular weight is 371 g/mol. The summed E-state index contributed by atoms with van der Waals surface area (Å²) in [6, 6.07) is 21.4. The molecule has 0 spiro atoms. The molecule has 1 N–H and O–H groups in total. The quantitative estimate of drug-likeness (QED) is 0.740. The van der Waals surface area contributed by atoms with Crippen LogP contribution < -0.4 is 0 Å². The number of aliphatic carboxylic acids is 1. The van der Waals surface area contributed by atoms with E-state index in [1.165, 1.54) is 5.57 Å². The number of rotatable bonds is 4. The van der Waals surface area contributed by atoms with Crippen molar-refractivity contribution in [3.63, 3.8) is 0 Å². The fourth-order valence-electron chi connectivity index (χ4n) is 3.71. The van der Waals surface area contributed by atoms with Gasteiger partial charge >= 0.3 is 5.97 Å². The molecule has 0 saturated carbocycles. The summed E-state index contributed by atoms with van der Waals surface area (Å²) in [5, 5.41) is 10.9. The lowest BCUT2D eigenvalue weighted by molar-refractivity contribution is -0.136. The van der Waals surface area contributed by atoms with Gasteiger partial charge in [0, 0.05) is 18.7 Å². The van der Waals surface area contributed by atoms with Crippen LogP contribution in [-0.2, 0) is 11.2 Å². The lowest BCUT2D eigenvalue weighted by Crippen LogP contribution is -2.34. The second-order valence-electron chi connectivity index (χ2n) is 7.02. The van der Waals surface area contributed by atoms with E-state index in [0.29, 0.717) is 13.1 Å². The molecule has 1 aliphatic rings. The number of fused-ring (bicyclic) bond motifs is 1. The highest BCUT2D eigenvalue weighted by atomic mass is 16.4. The van der Waals surface area contributed by atoms with Crippen molar-refractivity contribution in [1.82, 2.24) is 4.90 Å². The zero-order chi connectivity index (χ0) is 19.5. The lowest BCUT2D eigenvalue weighted by atomic mass is 9.97. The van der Waals surface area contributed by atoms with Crippen molar-refractivity contribution in [1.29, 1.82) is 0 Å². The molecule has 4 rings (SSSR count). The lowest BCUT2D eigenvalue weighted by Gasteiger charge is -2.27. The number of nitrogens with zero attached hydrogens (tertiary/aromatic N) is 1. The Morgan fingerprint density at radius 3 is 2.39 bits per heavy atom. The zero-order valence-electron chi connectivity index (χ0n) is 15.5. The molecule has 0 aliphatic carbocycles. The maximum absolute atomic E-state index is 13.0. The average Bonchev–Trinajstić information content (AvgIpc) is 2.73. The van der Waals surface area contributed by atoms with Crippen molar-refractivity contribution < 1.29 is 14.7 Å². The third kappa shape index (κ3) is 3.67. The molecule has 0 unspecified atom stereocenters. The predicted octanol–water partition coefficient (Wildman–Crippen LogP) is 4.40. The van der Waals surface area contributed by atoms with Crippen LogP contribution in [0.15, 0.2) is 72.8 Å². The maximum atomic E-state index is 13.0. The monoisotopic (exact) mass is 371 g/mol. The molecule has 0 fully saturated rings. The standard InChI is InChI=1S/C24H21NO3/c26-23(27)16-17-8-10-18(11-9-17)19-12-14-25(15-13-19)24(28)22-7-3-5-20-4-1-2-6-21(20)22/h1-12H,13-16H2,(H,26,27). The van der Waals surface area contributed by atoms with E-state index in [4.69, 9.17) is 5.11 Å². The molecule has 0 radical (unpaired) electrons. The zero-order valence-corrected chi connectivity index (χ0v) is 15.5. The largest absolute Gasteiger partial charge is 0.481 e. The summed E-state index contributed by atoms with van der Waals surface area (Å²) in [4.78, 5) is 25.7. The molecule has 0 atom stereocenters. The summed E-state index contributed by atoms with van der Waals surface area (Å²) in [6.07, 6.45) is 2.92. The van der Waals surface area contributed by atoms with Crippen LogP contribution in [0.1, 0.15) is 27.9 Å². The summed E-state index contributed by atoms with van der Waals surface area (Å²) in [6.45, 7) is 1.25. The molecule has 1 aliphatic heterocycles. The molecule has 4 heteroatoms. The number of carbonyl (C=O) groups excluding carboxylic acids is 1. The summed E-state index contributed by atoms with van der Waals surface area (Å²) in [5.41, 5.74) is 3.82. The Kier molecular flexibility index (Phi) is 4.94. The van der Waals surface area contributed by atoms with E-state index < -0.39 is 5.97 Å². The van der Waals surface area contributed by atoms with E-state index in [9.17, 15) is 9.59 Å². The van der Waals surface area contributed by atoms with Crippen LogP contribution >= 0.6 is 0 Å². The second-order valence-corrected chi connectivity index (χ2v) is 7.02. The van der Waals surface area contributed by atoms with Gasteiger partial charge in [0.25, 0.3) is 5.91 Å². The minimum atomic E-state index is -0.827. The Labute approximate surface area is 163 Å². The van der Waals surface area contributed by atoms with Gasteiger partial charge in [-0.2, -0.15) is 0 Å². The molecule has 0 bridgehead atoms. The first-order valence-electron chi connectivity index (χ1n) is 9.39. The van der Waals surface area contributed by atoms with Crippen molar-refractivity contribution >= 4 is 28.2 Å². The molecule has 0 saturated heterocycles. The number of carboxylic acids is 1. The third-order valence-electron chi connectivity index (χ3n) is 5.20. The van der Waals surface area contributed by atoms with Gasteiger partial charge in [-0.25, -0.2) is 0 Å². The first-order valence-corrected chi connectivity index (χ1v) is 9.39. The molecule has 4 nitrogen and oxygen atoms in total. The number of amides is 1. The van der Waals surface area contributed by atoms with Gasteiger partial charge < -0.3 is 10.0 Å². The van der Waals surface area contributed by atoms with E-state index in [2.05, 4.69) is 6.08 Å². The molecule has 140 valence electrons. The van der Waals surface area contributed by atoms with Gasteiger partial charge in [0.15, 0.2) is 0 Å². The first-order chi connectivity index (χ1) is 13.6. The van der Waals surface area contributed by atoms with Crippen LogP contribution in [0.2, 0.25) is 0 Å². The SMILES string of the molecule is O=C(O)Cc1ccc(C2=CCN(C(=O)c3cccc4ccccc34)CC2)cc1. The minimum Gasteiger partial charge on any atom is -0.481 e. The fourth-order valence-corrected chi connectivity index (χ4v) is 3.71.